The smallest absolute Gasteiger partial charge is 0.350 e. The third-order valence-electron chi connectivity index (χ3n) is 1.91. The first-order chi connectivity index (χ1) is 6.79. The molecule has 0 aromatic carbocycles. The molecule has 0 radical (unpaired) electrons. The second-order valence-electron chi connectivity index (χ2n) is 2.85. The Hall–Kier alpha value is -0.520. The standard InChI is InChI=1S/C9H10O3S2/c1-13-6-4-7(14-5-6)9(10)12-8-2-3-11-8/h4-5,8H,2-3H2,1H3. The quantitative estimate of drug-likeness (QED) is 0.590. The molecule has 3 nitrogen and oxygen atoms in total. The Kier molecular flexibility index (Phi) is 3.10. The van der Waals surface area contributed by atoms with Gasteiger partial charge in [-0.15, -0.1) is 23.1 Å². The van der Waals surface area contributed by atoms with Crippen molar-refractivity contribution in [3.63, 3.8) is 0 Å². The summed E-state index contributed by atoms with van der Waals surface area (Å²) in [5, 5.41) is 1.95. The molecule has 0 spiro atoms. The zero-order valence-corrected chi connectivity index (χ0v) is 9.32. The fourth-order valence-electron chi connectivity index (χ4n) is 1.02. The van der Waals surface area contributed by atoms with Gasteiger partial charge in [-0.05, 0) is 12.3 Å². The van der Waals surface area contributed by atoms with E-state index in [1.54, 1.807) is 11.8 Å². The molecule has 1 aliphatic heterocycles. The van der Waals surface area contributed by atoms with Crippen LogP contribution in [-0.4, -0.2) is 25.1 Å². The van der Waals surface area contributed by atoms with Gasteiger partial charge in [0.2, 0.25) is 6.29 Å². The first-order valence-electron chi connectivity index (χ1n) is 4.24. The SMILES string of the molecule is CSc1csc(C(=O)OC2CCO2)c1. The van der Waals surface area contributed by atoms with E-state index in [1.807, 2.05) is 17.7 Å². The minimum absolute atomic E-state index is 0.278. The van der Waals surface area contributed by atoms with Gasteiger partial charge in [0.05, 0.1) is 6.61 Å². The van der Waals surface area contributed by atoms with Crippen molar-refractivity contribution in [2.24, 2.45) is 0 Å². The lowest BCUT2D eigenvalue weighted by molar-refractivity contribution is -0.184. The first kappa shape index (κ1) is 10.0. The van der Waals surface area contributed by atoms with Gasteiger partial charge in [0.1, 0.15) is 4.88 Å². The number of esters is 1. The molecule has 1 aromatic rings. The van der Waals surface area contributed by atoms with E-state index in [0.717, 1.165) is 11.3 Å². The van der Waals surface area contributed by atoms with Crippen molar-refractivity contribution in [1.82, 2.24) is 0 Å². The highest BCUT2D eigenvalue weighted by atomic mass is 32.2. The highest BCUT2D eigenvalue weighted by Gasteiger charge is 2.23. The summed E-state index contributed by atoms with van der Waals surface area (Å²) in [7, 11) is 0. The topological polar surface area (TPSA) is 35.5 Å². The van der Waals surface area contributed by atoms with Crippen LogP contribution in [0.25, 0.3) is 0 Å². The van der Waals surface area contributed by atoms with Crippen molar-refractivity contribution < 1.29 is 14.3 Å². The van der Waals surface area contributed by atoms with Gasteiger partial charge in [0.25, 0.3) is 0 Å². The van der Waals surface area contributed by atoms with Crippen LogP contribution in [0, 0.1) is 0 Å². The first-order valence-corrected chi connectivity index (χ1v) is 6.35. The zero-order chi connectivity index (χ0) is 9.97. The van der Waals surface area contributed by atoms with E-state index in [9.17, 15) is 4.79 Å². The summed E-state index contributed by atoms with van der Waals surface area (Å²) in [5.74, 6) is -0.278. The van der Waals surface area contributed by atoms with Gasteiger partial charge in [-0.2, -0.15) is 0 Å². The van der Waals surface area contributed by atoms with Gasteiger partial charge in [-0.1, -0.05) is 0 Å². The lowest BCUT2D eigenvalue weighted by Crippen LogP contribution is -2.31. The molecule has 1 aromatic heterocycles. The summed E-state index contributed by atoms with van der Waals surface area (Å²) < 4.78 is 10.1. The maximum absolute atomic E-state index is 11.5. The molecule has 0 saturated carbocycles. The van der Waals surface area contributed by atoms with Crippen LogP contribution in [0.5, 0.6) is 0 Å². The zero-order valence-electron chi connectivity index (χ0n) is 7.69. The van der Waals surface area contributed by atoms with E-state index in [-0.39, 0.29) is 12.3 Å². The lowest BCUT2D eigenvalue weighted by Gasteiger charge is -2.25. The van der Waals surface area contributed by atoms with Crippen molar-refractivity contribution in [1.29, 1.82) is 0 Å². The molecule has 0 aliphatic carbocycles. The van der Waals surface area contributed by atoms with Crippen molar-refractivity contribution in [2.75, 3.05) is 12.9 Å². The number of carbonyl (C=O) groups excluding carboxylic acids is 1. The molecule has 5 heteroatoms. The predicted octanol–water partition coefficient (Wildman–Crippen LogP) is 2.37. The summed E-state index contributed by atoms with van der Waals surface area (Å²) in [4.78, 5) is 13.2. The van der Waals surface area contributed by atoms with Gasteiger partial charge in [0.15, 0.2) is 0 Å². The molecule has 1 saturated heterocycles. The van der Waals surface area contributed by atoms with Gasteiger partial charge in [-0.25, -0.2) is 4.79 Å². The van der Waals surface area contributed by atoms with Crippen LogP contribution in [0.2, 0.25) is 0 Å². The van der Waals surface area contributed by atoms with Crippen molar-refractivity contribution in [2.45, 2.75) is 17.6 Å². The molecule has 1 unspecified atom stereocenters. The molecule has 0 amide bonds. The summed E-state index contributed by atoms with van der Waals surface area (Å²) >= 11 is 3.02. The second-order valence-corrected chi connectivity index (χ2v) is 4.64. The van der Waals surface area contributed by atoms with Crippen LogP contribution in [0.4, 0.5) is 0 Å². The van der Waals surface area contributed by atoms with Crippen LogP contribution in [0.3, 0.4) is 0 Å². The van der Waals surface area contributed by atoms with Crippen LogP contribution in [-0.2, 0) is 9.47 Å². The van der Waals surface area contributed by atoms with Crippen LogP contribution in [0.1, 0.15) is 16.1 Å². The Labute approximate surface area is 90.4 Å². The van der Waals surface area contributed by atoms with Gasteiger partial charge >= 0.3 is 5.97 Å². The summed E-state index contributed by atoms with van der Waals surface area (Å²) in [6, 6.07) is 1.84. The maximum Gasteiger partial charge on any atom is 0.350 e. The van der Waals surface area contributed by atoms with Crippen molar-refractivity contribution in [3.05, 3.63) is 16.3 Å². The molecule has 1 aliphatic rings. The molecule has 0 bridgehead atoms. The lowest BCUT2D eigenvalue weighted by atomic mass is 10.3. The summed E-state index contributed by atoms with van der Waals surface area (Å²) in [6.45, 7) is 0.693. The van der Waals surface area contributed by atoms with Crippen molar-refractivity contribution >= 4 is 29.1 Å². The molecular formula is C9H10O3S2. The molecule has 14 heavy (non-hydrogen) atoms. The number of hydrogen-bond acceptors (Lipinski definition) is 5. The monoisotopic (exact) mass is 230 g/mol. The Morgan fingerprint density at radius 3 is 3.07 bits per heavy atom. The largest absolute Gasteiger partial charge is 0.431 e. The van der Waals surface area contributed by atoms with Crippen LogP contribution < -0.4 is 0 Å². The number of carbonyl (C=O) groups is 1. The molecule has 76 valence electrons. The molecule has 1 fully saturated rings. The normalized spacial score (nSPS) is 20.2. The fourth-order valence-corrected chi connectivity index (χ4v) is 2.51. The number of hydrogen-bond donors (Lipinski definition) is 0. The minimum Gasteiger partial charge on any atom is -0.431 e. The number of thiophene rings is 1. The predicted molar refractivity (Wildman–Crippen MR) is 55.9 cm³/mol. The Morgan fingerprint density at radius 1 is 1.79 bits per heavy atom. The number of rotatable bonds is 3. The molecule has 2 rings (SSSR count). The second kappa shape index (κ2) is 4.33. The van der Waals surface area contributed by atoms with E-state index >= 15 is 0 Å². The van der Waals surface area contributed by atoms with Crippen LogP contribution >= 0.6 is 23.1 Å². The van der Waals surface area contributed by atoms with E-state index in [0.29, 0.717) is 11.5 Å². The highest BCUT2D eigenvalue weighted by Crippen LogP contribution is 2.24. The van der Waals surface area contributed by atoms with Gasteiger partial charge < -0.3 is 9.47 Å². The summed E-state index contributed by atoms with van der Waals surface area (Å²) in [5.41, 5.74) is 0. The fraction of sp³-hybridized carbons (Fsp3) is 0.444. The average molecular weight is 230 g/mol. The van der Waals surface area contributed by atoms with Crippen molar-refractivity contribution in [3.8, 4) is 0 Å². The highest BCUT2D eigenvalue weighted by molar-refractivity contribution is 7.98. The number of ether oxygens (including phenoxy) is 2. The van der Waals surface area contributed by atoms with Gasteiger partial charge in [0, 0.05) is 16.7 Å². The average Bonchev–Trinajstić information content (AvgIpc) is 2.59. The third-order valence-corrected chi connectivity index (χ3v) is 3.67. The van der Waals surface area contributed by atoms with Crippen LogP contribution in [0.15, 0.2) is 16.3 Å². The molecule has 0 N–H and O–H groups in total. The molecular weight excluding hydrogens is 220 g/mol. The number of thioether (sulfide) groups is 1. The molecule has 1 atom stereocenters. The van der Waals surface area contributed by atoms with E-state index in [2.05, 4.69) is 0 Å². The maximum atomic E-state index is 11.5. The minimum atomic E-state index is -0.317. The third kappa shape index (κ3) is 2.10. The van der Waals surface area contributed by atoms with E-state index in [4.69, 9.17) is 9.47 Å². The Bertz CT molecular complexity index is 331. The van der Waals surface area contributed by atoms with Gasteiger partial charge in [-0.3, -0.25) is 0 Å². The molecule has 2 heterocycles. The van der Waals surface area contributed by atoms with E-state index in [1.165, 1.54) is 11.3 Å². The Balaban J connectivity index is 1.95. The Morgan fingerprint density at radius 2 is 2.57 bits per heavy atom. The summed E-state index contributed by atoms with van der Waals surface area (Å²) in [6.07, 6.45) is 2.47. The van der Waals surface area contributed by atoms with E-state index < -0.39 is 0 Å².